The molecule has 132 valence electrons. The van der Waals surface area contributed by atoms with Gasteiger partial charge in [0.25, 0.3) is 0 Å². The van der Waals surface area contributed by atoms with Crippen molar-refractivity contribution in [2.45, 2.75) is 25.4 Å². The van der Waals surface area contributed by atoms with Crippen LogP contribution in [0, 0.1) is 17.3 Å². The lowest BCUT2D eigenvalue weighted by atomic mass is 9.80. The summed E-state index contributed by atoms with van der Waals surface area (Å²) in [6.45, 7) is 5.31. The smallest absolute Gasteiger partial charge is 0.323 e. The summed E-state index contributed by atoms with van der Waals surface area (Å²) in [5.74, 6) is -2.24. The molecule has 0 unspecified atom stereocenters. The van der Waals surface area contributed by atoms with Gasteiger partial charge in [-0.3, -0.25) is 19.7 Å². The number of ketones is 2. The third kappa shape index (κ3) is 2.62. The van der Waals surface area contributed by atoms with Crippen LogP contribution in [0.1, 0.15) is 24.9 Å². The Kier molecular flexibility index (Phi) is 4.56. The van der Waals surface area contributed by atoms with Crippen LogP contribution in [0.15, 0.2) is 36.9 Å². The van der Waals surface area contributed by atoms with Crippen LogP contribution in [0.4, 0.5) is 0 Å². The SMILES string of the molecule is C=CC[C@]1(C)C(=O)[C@@H]2[C@H](C1=O)[C@H](C(=O)OC)N[C@@H]2c1ccc(Cl)cc1. The van der Waals surface area contributed by atoms with Crippen molar-refractivity contribution in [2.75, 3.05) is 7.11 Å². The van der Waals surface area contributed by atoms with Crippen LogP contribution in [0.2, 0.25) is 5.02 Å². The Balaban J connectivity index is 2.07. The van der Waals surface area contributed by atoms with E-state index in [1.165, 1.54) is 7.11 Å². The van der Waals surface area contributed by atoms with Crippen LogP contribution >= 0.6 is 11.6 Å². The quantitative estimate of drug-likeness (QED) is 0.507. The standard InChI is InChI=1S/C19H20ClNO4/c1-4-9-19(2)16(22)12-13(17(19)23)15(18(24)25-3)21-14(12)10-5-7-11(20)8-6-10/h4-8,12-15,21H,1,9H2,2-3H3/t12-,13+,14-,15-,19-/m1/s1. The van der Waals surface area contributed by atoms with Crippen molar-refractivity contribution in [3.63, 3.8) is 0 Å². The number of halogens is 1. The first-order valence-electron chi connectivity index (χ1n) is 8.14. The summed E-state index contributed by atoms with van der Waals surface area (Å²) in [4.78, 5) is 38.4. The second-order valence-electron chi connectivity index (χ2n) is 6.80. The van der Waals surface area contributed by atoms with Crippen molar-refractivity contribution in [3.05, 3.63) is 47.5 Å². The average molecular weight is 362 g/mol. The molecule has 6 heteroatoms. The van der Waals surface area contributed by atoms with Crippen LogP contribution in [0.3, 0.4) is 0 Å². The van der Waals surface area contributed by atoms with Gasteiger partial charge in [-0.15, -0.1) is 6.58 Å². The van der Waals surface area contributed by atoms with E-state index >= 15 is 0 Å². The molecular formula is C19H20ClNO4. The number of ether oxygens (including phenoxy) is 1. The fraction of sp³-hybridized carbons (Fsp3) is 0.421. The van der Waals surface area contributed by atoms with Crippen LogP contribution in [0.5, 0.6) is 0 Å². The summed E-state index contributed by atoms with van der Waals surface area (Å²) in [6, 6.07) is 5.79. The Hall–Kier alpha value is -1.98. The van der Waals surface area contributed by atoms with Crippen LogP contribution < -0.4 is 5.32 Å². The Morgan fingerprint density at radius 1 is 1.28 bits per heavy atom. The second-order valence-corrected chi connectivity index (χ2v) is 7.24. The van der Waals surface area contributed by atoms with E-state index in [1.54, 1.807) is 37.3 Å². The van der Waals surface area contributed by atoms with E-state index in [0.29, 0.717) is 5.02 Å². The maximum absolute atomic E-state index is 13.1. The minimum atomic E-state index is -1.14. The lowest BCUT2D eigenvalue weighted by molar-refractivity contribution is -0.146. The summed E-state index contributed by atoms with van der Waals surface area (Å²) < 4.78 is 4.85. The maximum Gasteiger partial charge on any atom is 0.323 e. The molecule has 1 saturated carbocycles. The number of carbonyl (C=O) groups excluding carboxylic acids is 3. The number of hydrogen-bond donors (Lipinski definition) is 1. The fourth-order valence-electron chi connectivity index (χ4n) is 4.11. The van der Waals surface area contributed by atoms with E-state index < -0.39 is 35.3 Å². The van der Waals surface area contributed by atoms with Gasteiger partial charge >= 0.3 is 5.97 Å². The molecule has 3 rings (SSSR count). The van der Waals surface area contributed by atoms with Crippen molar-refractivity contribution in [1.29, 1.82) is 0 Å². The van der Waals surface area contributed by atoms with Gasteiger partial charge in [0.2, 0.25) is 0 Å². The highest BCUT2D eigenvalue weighted by Gasteiger charge is 2.65. The molecule has 1 aromatic rings. The molecule has 2 fully saturated rings. The highest BCUT2D eigenvalue weighted by atomic mass is 35.5. The summed E-state index contributed by atoms with van der Waals surface area (Å²) in [5, 5.41) is 3.71. The first-order chi connectivity index (χ1) is 11.8. The summed E-state index contributed by atoms with van der Waals surface area (Å²) in [6.07, 6.45) is 1.84. The monoisotopic (exact) mass is 361 g/mol. The molecular weight excluding hydrogens is 342 g/mol. The number of hydrogen-bond acceptors (Lipinski definition) is 5. The van der Waals surface area contributed by atoms with E-state index in [4.69, 9.17) is 16.3 Å². The Labute approximate surface area is 151 Å². The van der Waals surface area contributed by atoms with Crippen molar-refractivity contribution in [3.8, 4) is 0 Å². The molecule has 1 saturated heterocycles. The molecule has 1 aromatic carbocycles. The first-order valence-corrected chi connectivity index (χ1v) is 8.52. The summed E-state index contributed by atoms with van der Waals surface area (Å²) >= 11 is 5.94. The molecule has 2 aliphatic rings. The zero-order chi connectivity index (χ0) is 18.4. The van der Waals surface area contributed by atoms with Crippen molar-refractivity contribution in [1.82, 2.24) is 5.32 Å². The number of Topliss-reactive ketones (excluding diaryl/α,β-unsaturated/α-hetero) is 2. The number of fused-ring (bicyclic) bond motifs is 1. The zero-order valence-electron chi connectivity index (χ0n) is 14.1. The minimum Gasteiger partial charge on any atom is -0.468 e. The van der Waals surface area contributed by atoms with Crippen LogP contribution in [-0.2, 0) is 19.1 Å². The van der Waals surface area contributed by atoms with Gasteiger partial charge in [0, 0.05) is 11.1 Å². The molecule has 5 nitrogen and oxygen atoms in total. The van der Waals surface area contributed by atoms with Crippen LogP contribution in [0.25, 0.3) is 0 Å². The first kappa shape index (κ1) is 17.8. The second kappa shape index (κ2) is 6.39. The molecule has 1 aliphatic carbocycles. The number of rotatable bonds is 4. The molecule has 0 aromatic heterocycles. The van der Waals surface area contributed by atoms with Gasteiger partial charge in [0.1, 0.15) is 6.04 Å². The molecule has 25 heavy (non-hydrogen) atoms. The van der Waals surface area contributed by atoms with E-state index in [9.17, 15) is 14.4 Å². The molecule has 1 heterocycles. The number of nitrogens with one attached hydrogen (secondary N) is 1. The zero-order valence-corrected chi connectivity index (χ0v) is 14.9. The Morgan fingerprint density at radius 2 is 1.88 bits per heavy atom. The number of allylic oxidation sites excluding steroid dienone is 1. The number of carbonyl (C=O) groups is 3. The number of methoxy groups -OCH3 is 1. The number of benzene rings is 1. The van der Waals surface area contributed by atoms with E-state index in [-0.39, 0.29) is 18.0 Å². The lowest BCUT2D eigenvalue weighted by Crippen LogP contribution is -2.43. The topological polar surface area (TPSA) is 72.5 Å². The fourth-order valence-corrected chi connectivity index (χ4v) is 4.23. The van der Waals surface area contributed by atoms with Gasteiger partial charge in [-0.05, 0) is 31.0 Å². The maximum atomic E-state index is 13.1. The Bertz CT molecular complexity index is 744. The largest absolute Gasteiger partial charge is 0.468 e. The van der Waals surface area contributed by atoms with Crippen molar-refractivity contribution >= 4 is 29.1 Å². The van der Waals surface area contributed by atoms with Crippen molar-refractivity contribution in [2.24, 2.45) is 17.3 Å². The average Bonchev–Trinajstić information content (AvgIpc) is 3.07. The normalized spacial score (nSPS) is 34.0. The predicted molar refractivity (Wildman–Crippen MR) is 93.0 cm³/mol. The van der Waals surface area contributed by atoms with Gasteiger partial charge in [-0.1, -0.05) is 29.8 Å². The molecule has 0 radical (unpaired) electrons. The van der Waals surface area contributed by atoms with E-state index in [1.807, 2.05) is 0 Å². The molecule has 1 N–H and O–H groups in total. The van der Waals surface area contributed by atoms with Gasteiger partial charge < -0.3 is 4.74 Å². The Morgan fingerprint density at radius 3 is 2.44 bits per heavy atom. The molecule has 1 aliphatic heterocycles. The predicted octanol–water partition coefficient (Wildman–Crippen LogP) is 2.49. The van der Waals surface area contributed by atoms with Crippen LogP contribution in [-0.4, -0.2) is 30.7 Å². The van der Waals surface area contributed by atoms with Gasteiger partial charge in [-0.25, -0.2) is 0 Å². The molecule has 0 spiro atoms. The molecule has 0 bridgehead atoms. The summed E-state index contributed by atoms with van der Waals surface area (Å²) in [7, 11) is 1.28. The highest BCUT2D eigenvalue weighted by molar-refractivity contribution is 6.30. The third-order valence-corrected chi connectivity index (χ3v) is 5.65. The van der Waals surface area contributed by atoms with Gasteiger partial charge in [-0.2, -0.15) is 0 Å². The molecule has 5 atom stereocenters. The highest BCUT2D eigenvalue weighted by Crippen LogP contribution is 2.51. The van der Waals surface area contributed by atoms with Gasteiger partial charge in [0.15, 0.2) is 11.6 Å². The van der Waals surface area contributed by atoms with E-state index in [0.717, 1.165) is 5.56 Å². The summed E-state index contributed by atoms with van der Waals surface area (Å²) in [5.41, 5.74) is -0.328. The lowest BCUT2D eigenvalue weighted by Gasteiger charge is -2.24. The van der Waals surface area contributed by atoms with E-state index in [2.05, 4.69) is 11.9 Å². The molecule has 0 amide bonds. The third-order valence-electron chi connectivity index (χ3n) is 5.39. The van der Waals surface area contributed by atoms with Gasteiger partial charge in [0.05, 0.1) is 24.4 Å². The minimum absolute atomic E-state index is 0.152. The van der Waals surface area contributed by atoms with Crippen molar-refractivity contribution < 1.29 is 19.1 Å². The number of esters is 1.